The molecule has 0 radical (unpaired) electrons. The number of carbonyl (C=O) groups is 1. The first-order valence-electron chi connectivity index (χ1n) is 5.42. The van der Waals surface area contributed by atoms with Crippen molar-refractivity contribution in [1.29, 1.82) is 0 Å². The first-order chi connectivity index (χ1) is 8.07. The molecule has 1 N–H and O–H groups in total. The van der Waals surface area contributed by atoms with Crippen LogP contribution in [0.4, 0.5) is 0 Å². The van der Waals surface area contributed by atoms with Gasteiger partial charge in [-0.2, -0.15) is 0 Å². The second-order valence-corrected chi connectivity index (χ2v) is 4.21. The van der Waals surface area contributed by atoms with Crippen molar-refractivity contribution < 1.29 is 9.72 Å². The molecule has 6 heteroatoms. The fraction of sp³-hybridized carbons (Fsp3) is 0.455. The third-order valence-corrected chi connectivity index (χ3v) is 3.33. The van der Waals surface area contributed by atoms with Gasteiger partial charge in [0.1, 0.15) is 6.04 Å². The normalized spacial score (nSPS) is 28.5. The van der Waals surface area contributed by atoms with Crippen LogP contribution in [0.5, 0.6) is 0 Å². The van der Waals surface area contributed by atoms with Crippen molar-refractivity contribution in [3.8, 4) is 0 Å². The highest BCUT2D eigenvalue weighted by molar-refractivity contribution is 5.77. The zero-order valence-corrected chi connectivity index (χ0v) is 9.42. The van der Waals surface area contributed by atoms with Gasteiger partial charge in [0.05, 0.1) is 0 Å². The largest absolute Gasteiger partial charge is 0.346 e. The van der Waals surface area contributed by atoms with Crippen molar-refractivity contribution in [1.82, 2.24) is 10.3 Å². The minimum Gasteiger partial charge on any atom is -0.346 e. The predicted octanol–water partition coefficient (Wildman–Crippen LogP) is 0.852. The molecule has 0 spiro atoms. The lowest BCUT2D eigenvalue weighted by atomic mass is 9.78. The van der Waals surface area contributed by atoms with E-state index >= 15 is 0 Å². The lowest BCUT2D eigenvalue weighted by molar-refractivity contribution is -0.586. The van der Waals surface area contributed by atoms with E-state index in [4.69, 9.17) is 0 Å². The standard InChI is InChI=1S/C11H13N3O3/c1-8-11(14(16)17,5-2-10(15)13-8)9-3-6-12-7-4-9/h3-4,6-8H,2,5H2,1H3,(H,13,15). The Labute approximate surface area is 98.2 Å². The van der Waals surface area contributed by atoms with Gasteiger partial charge < -0.3 is 5.32 Å². The van der Waals surface area contributed by atoms with Crippen LogP contribution in [0.3, 0.4) is 0 Å². The van der Waals surface area contributed by atoms with E-state index in [1.54, 1.807) is 19.1 Å². The van der Waals surface area contributed by atoms with Gasteiger partial charge in [-0.25, -0.2) is 0 Å². The lowest BCUT2D eigenvalue weighted by Gasteiger charge is -2.35. The van der Waals surface area contributed by atoms with Crippen LogP contribution in [0.2, 0.25) is 0 Å². The molecule has 17 heavy (non-hydrogen) atoms. The molecule has 2 rings (SSSR count). The molecule has 1 aliphatic heterocycles. The van der Waals surface area contributed by atoms with Gasteiger partial charge in [0.2, 0.25) is 5.91 Å². The van der Waals surface area contributed by atoms with E-state index in [0.717, 1.165) is 0 Å². The number of hydrogen-bond acceptors (Lipinski definition) is 4. The minimum atomic E-state index is -1.24. The molecule has 0 bridgehead atoms. The molecule has 0 aliphatic carbocycles. The number of pyridine rings is 1. The Morgan fingerprint density at radius 2 is 2.18 bits per heavy atom. The van der Waals surface area contributed by atoms with Crippen molar-refractivity contribution in [3.05, 3.63) is 40.2 Å². The quantitative estimate of drug-likeness (QED) is 0.608. The number of aromatic nitrogens is 1. The van der Waals surface area contributed by atoms with Gasteiger partial charge >= 0.3 is 0 Å². The molecule has 2 heterocycles. The molecule has 1 fully saturated rings. The summed E-state index contributed by atoms with van der Waals surface area (Å²) in [4.78, 5) is 26.3. The van der Waals surface area contributed by atoms with E-state index in [9.17, 15) is 14.9 Å². The molecule has 90 valence electrons. The summed E-state index contributed by atoms with van der Waals surface area (Å²) in [5.74, 6) is -0.135. The number of nitrogens with one attached hydrogen (secondary N) is 1. The maximum Gasteiger partial charge on any atom is 0.267 e. The highest BCUT2D eigenvalue weighted by Crippen LogP contribution is 2.36. The number of amides is 1. The van der Waals surface area contributed by atoms with Gasteiger partial charge in [-0.1, -0.05) is 0 Å². The summed E-state index contributed by atoms with van der Waals surface area (Å²) < 4.78 is 0. The number of rotatable bonds is 2. The van der Waals surface area contributed by atoms with Crippen LogP contribution < -0.4 is 5.32 Å². The summed E-state index contributed by atoms with van der Waals surface area (Å²) in [6, 6.07) is 2.74. The summed E-state index contributed by atoms with van der Waals surface area (Å²) in [7, 11) is 0. The van der Waals surface area contributed by atoms with E-state index < -0.39 is 11.6 Å². The number of nitro groups is 1. The van der Waals surface area contributed by atoms with Crippen LogP contribution in [0, 0.1) is 10.1 Å². The Bertz CT molecular complexity index is 449. The maximum absolute atomic E-state index is 11.4. The molecular weight excluding hydrogens is 222 g/mol. The molecule has 6 nitrogen and oxygen atoms in total. The third kappa shape index (κ3) is 1.75. The summed E-state index contributed by atoms with van der Waals surface area (Å²) in [6.45, 7) is 1.67. The monoisotopic (exact) mass is 235 g/mol. The topological polar surface area (TPSA) is 85.1 Å². The summed E-state index contributed by atoms with van der Waals surface area (Å²) >= 11 is 0. The highest BCUT2D eigenvalue weighted by Gasteiger charge is 2.53. The molecule has 2 unspecified atom stereocenters. The average molecular weight is 235 g/mol. The molecule has 1 saturated heterocycles. The SMILES string of the molecule is CC1NC(=O)CCC1(c1ccncc1)[N+](=O)[O-]. The lowest BCUT2D eigenvalue weighted by Crippen LogP contribution is -2.57. The predicted molar refractivity (Wildman–Crippen MR) is 59.7 cm³/mol. The van der Waals surface area contributed by atoms with Gasteiger partial charge in [-0.15, -0.1) is 0 Å². The van der Waals surface area contributed by atoms with Crippen LogP contribution in [0.25, 0.3) is 0 Å². The summed E-state index contributed by atoms with van der Waals surface area (Å²) in [5, 5.41) is 14.1. The van der Waals surface area contributed by atoms with Crippen LogP contribution in [0.15, 0.2) is 24.5 Å². The maximum atomic E-state index is 11.4. The Hall–Kier alpha value is -1.98. The molecule has 1 aliphatic rings. The van der Waals surface area contributed by atoms with E-state index in [2.05, 4.69) is 10.3 Å². The third-order valence-electron chi connectivity index (χ3n) is 3.33. The fourth-order valence-corrected chi connectivity index (χ4v) is 2.34. The Kier molecular flexibility index (Phi) is 2.79. The molecule has 0 saturated carbocycles. The van der Waals surface area contributed by atoms with Crippen LogP contribution in [-0.2, 0) is 10.3 Å². The smallest absolute Gasteiger partial charge is 0.267 e. The molecule has 1 amide bonds. The molecular formula is C11H13N3O3. The first kappa shape index (κ1) is 11.5. The van der Waals surface area contributed by atoms with Crippen LogP contribution >= 0.6 is 0 Å². The second kappa shape index (κ2) is 4.12. The second-order valence-electron chi connectivity index (χ2n) is 4.21. The molecule has 2 atom stereocenters. The van der Waals surface area contributed by atoms with Crippen molar-refractivity contribution in [2.24, 2.45) is 0 Å². The zero-order chi connectivity index (χ0) is 12.5. The van der Waals surface area contributed by atoms with Crippen molar-refractivity contribution >= 4 is 5.91 Å². The number of hydrogen-bond donors (Lipinski definition) is 1. The summed E-state index contributed by atoms with van der Waals surface area (Å²) in [6.07, 6.45) is 3.46. The van der Waals surface area contributed by atoms with Gasteiger partial charge in [-0.05, 0) is 19.1 Å². The van der Waals surface area contributed by atoms with Gasteiger partial charge in [0.15, 0.2) is 0 Å². The Balaban J connectivity index is 2.47. The van der Waals surface area contributed by atoms with E-state index in [-0.39, 0.29) is 23.7 Å². The van der Waals surface area contributed by atoms with Gasteiger partial charge in [0, 0.05) is 35.7 Å². The average Bonchev–Trinajstić information content (AvgIpc) is 2.30. The Morgan fingerprint density at radius 1 is 1.53 bits per heavy atom. The zero-order valence-electron chi connectivity index (χ0n) is 9.42. The molecule has 0 aromatic carbocycles. The van der Waals surface area contributed by atoms with Crippen LogP contribution in [-0.4, -0.2) is 21.9 Å². The van der Waals surface area contributed by atoms with Crippen molar-refractivity contribution in [3.63, 3.8) is 0 Å². The fourth-order valence-electron chi connectivity index (χ4n) is 2.34. The van der Waals surface area contributed by atoms with Gasteiger partial charge in [0.25, 0.3) is 5.54 Å². The number of piperidine rings is 1. The Morgan fingerprint density at radius 3 is 2.71 bits per heavy atom. The number of nitrogens with zero attached hydrogens (tertiary/aromatic N) is 2. The van der Waals surface area contributed by atoms with E-state index in [0.29, 0.717) is 5.56 Å². The first-order valence-corrected chi connectivity index (χ1v) is 5.42. The molecule has 1 aromatic rings. The number of carbonyl (C=O) groups excluding carboxylic acids is 1. The van der Waals surface area contributed by atoms with E-state index in [1.807, 2.05) is 0 Å². The van der Waals surface area contributed by atoms with E-state index in [1.165, 1.54) is 12.4 Å². The highest BCUT2D eigenvalue weighted by atomic mass is 16.6. The van der Waals surface area contributed by atoms with Crippen molar-refractivity contribution in [2.75, 3.05) is 0 Å². The van der Waals surface area contributed by atoms with Crippen molar-refractivity contribution in [2.45, 2.75) is 31.3 Å². The van der Waals surface area contributed by atoms with Gasteiger partial charge in [-0.3, -0.25) is 19.9 Å². The van der Waals surface area contributed by atoms with Crippen LogP contribution in [0.1, 0.15) is 25.3 Å². The molecule has 1 aromatic heterocycles. The minimum absolute atomic E-state index is 0.135. The summed E-state index contributed by atoms with van der Waals surface area (Å²) in [5.41, 5.74) is -0.651.